The van der Waals surface area contributed by atoms with Gasteiger partial charge in [0.15, 0.2) is 0 Å². The minimum atomic E-state index is -0.00802. The molecule has 1 fully saturated rings. The number of nitrogens with zero attached hydrogens (tertiary/aromatic N) is 1. The Labute approximate surface area is 135 Å². The van der Waals surface area contributed by atoms with Crippen molar-refractivity contribution in [1.29, 1.82) is 0 Å². The number of carbonyl (C=O) groups is 1. The molecule has 0 atom stereocenters. The van der Waals surface area contributed by atoms with Gasteiger partial charge in [-0.05, 0) is 47.3 Å². The van der Waals surface area contributed by atoms with E-state index in [-0.39, 0.29) is 11.8 Å². The predicted molar refractivity (Wildman–Crippen MR) is 86.1 cm³/mol. The van der Waals surface area contributed by atoms with E-state index in [0.717, 1.165) is 39.5 Å². The van der Waals surface area contributed by atoms with Gasteiger partial charge in [-0.2, -0.15) is 5.10 Å². The molecule has 6 heteroatoms. The van der Waals surface area contributed by atoms with E-state index in [4.69, 9.17) is 4.74 Å². The van der Waals surface area contributed by atoms with E-state index in [9.17, 15) is 4.79 Å². The molecule has 1 aromatic rings. The first kappa shape index (κ1) is 15.5. The first-order chi connectivity index (χ1) is 9.61. The molecule has 0 bridgehead atoms. The third-order valence-corrected chi connectivity index (χ3v) is 3.86. The topological polar surface area (TPSA) is 50.7 Å². The fourth-order valence-electron chi connectivity index (χ4n) is 1.63. The van der Waals surface area contributed by atoms with Gasteiger partial charge in [-0.15, -0.1) is 0 Å². The summed E-state index contributed by atoms with van der Waals surface area (Å²) in [6.07, 6.45) is 4.47. The molecule has 108 valence electrons. The second kappa shape index (κ2) is 7.22. The standard InChI is InChI=1S/C14H16Br2N2O2/c1-2-5-20-13-10(6-11(15)7-12(13)16)8-17-18-14(19)9-3-4-9/h6-9H,2-5H2,1H3,(H,18,19)/b17-8-. The first-order valence-electron chi connectivity index (χ1n) is 6.56. The van der Waals surface area contributed by atoms with Crippen molar-refractivity contribution in [3.8, 4) is 5.75 Å². The molecule has 0 spiro atoms. The molecule has 0 radical (unpaired) electrons. The summed E-state index contributed by atoms with van der Waals surface area (Å²) in [5.74, 6) is 0.878. The zero-order valence-electron chi connectivity index (χ0n) is 11.2. The summed E-state index contributed by atoms with van der Waals surface area (Å²) < 4.78 is 7.49. The van der Waals surface area contributed by atoms with Crippen LogP contribution in [0.4, 0.5) is 0 Å². The monoisotopic (exact) mass is 402 g/mol. The molecule has 0 aliphatic heterocycles. The van der Waals surface area contributed by atoms with Crippen molar-refractivity contribution in [2.45, 2.75) is 26.2 Å². The number of amides is 1. The van der Waals surface area contributed by atoms with E-state index in [1.54, 1.807) is 6.21 Å². The van der Waals surface area contributed by atoms with Crippen LogP contribution in [0.1, 0.15) is 31.7 Å². The van der Waals surface area contributed by atoms with Crippen molar-refractivity contribution in [3.05, 3.63) is 26.6 Å². The lowest BCUT2D eigenvalue weighted by molar-refractivity contribution is -0.122. The Morgan fingerprint density at radius 1 is 1.50 bits per heavy atom. The summed E-state index contributed by atoms with van der Waals surface area (Å²) in [6.45, 7) is 2.69. The van der Waals surface area contributed by atoms with Crippen LogP contribution in [0, 0.1) is 5.92 Å². The predicted octanol–water partition coefficient (Wildman–Crippen LogP) is 3.86. The van der Waals surface area contributed by atoms with E-state index in [2.05, 4.69) is 49.3 Å². The zero-order valence-corrected chi connectivity index (χ0v) is 14.3. The van der Waals surface area contributed by atoms with Crippen LogP contribution in [0.25, 0.3) is 0 Å². The second-order valence-electron chi connectivity index (χ2n) is 4.66. The fourth-order valence-corrected chi connectivity index (χ4v) is 3.01. The molecule has 1 aromatic carbocycles. The lowest BCUT2D eigenvalue weighted by Crippen LogP contribution is -2.19. The Bertz CT molecular complexity index is 528. The summed E-state index contributed by atoms with van der Waals surface area (Å²) in [4.78, 5) is 11.5. The van der Waals surface area contributed by atoms with Gasteiger partial charge in [-0.1, -0.05) is 22.9 Å². The van der Waals surface area contributed by atoms with Crippen LogP contribution in [-0.2, 0) is 4.79 Å². The normalized spacial score (nSPS) is 14.6. The molecule has 0 aromatic heterocycles. The van der Waals surface area contributed by atoms with Gasteiger partial charge in [-0.25, -0.2) is 5.43 Å². The highest BCUT2D eigenvalue weighted by Gasteiger charge is 2.29. The molecule has 0 unspecified atom stereocenters. The molecule has 1 N–H and O–H groups in total. The van der Waals surface area contributed by atoms with Crippen molar-refractivity contribution < 1.29 is 9.53 Å². The number of benzene rings is 1. The lowest BCUT2D eigenvalue weighted by atomic mass is 10.2. The summed E-state index contributed by atoms with van der Waals surface area (Å²) in [6, 6.07) is 3.83. The van der Waals surface area contributed by atoms with Crippen molar-refractivity contribution >= 4 is 44.0 Å². The van der Waals surface area contributed by atoms with Crippen LogP contribution in [-0.4, -0.2) is 18.7 Å². The Balaban J connectivity index is 2.11. The van der Waals surface area contributed by atoms with E-state index in [1.165, 1.54) is 0 Å². The quantitative estimate of drug-likeness (QED) is 0.579. The third kappa shape index (κ3) is 4.31. The third-order valence-electron chi connectivity index (χ3n) is 2.81. The van der Waals surface area contributed by atoms with Gasteiger partial charge in [0.1, 0.15) is 5.75 Å². The number of ether oxygens (including phenoxy) is 1. The summed E-state index contributed by atoms with van der Waals surface area (Å²) >= 11 is 6.91. The van der Waals surface area contributed by atoms with Gasteiger partial charge in [0.25, 0.3) is 0 Å². The highest BCUT2D eigenvalue weighted by Crippen LogP contribution is 2.32. The average molecular weight is 404 g/mol. The Morgan fingerprint density at radius 3 is 2.90 bits per heavy atom. The molecular formula is C14H16Br2N2O2. The summed E-state index contributed by atoms with van der Waals surface area (Å²) in [5, 5.41) is 4.01. The molecule has 20 heavy (non-hydrogen) atoms. The highest BCUT2D eigenvalue weighted by molar-refractivity contribution is 9.11. The van der Waals surface area contributed by atoms with Crippen LogP contribution in [0.3, 0.4) is 0 Å². The Kier molecular flexibility index (Phi) is 5.60. The lowest BCUT2D eigenvalue weighted by Gasteiger charge is -2.11. The number of rotatable bonds is 6. The van der Waals surface area contributed by atoms with E-state index in [1.807, 2.05) is 12.1 Å². The van der Waals surface area contributed by atoms with Crippen LogP contribution in [0.15, 0.2) is 26.2 Å². The van der Waals surface area contributed by atoms with Crippen molar-refractivity contribution in [1.82, 2.24) is 5.43 Å². The summed E-state index contributed by atoms with van der Waals surface area (Å²) in [7, 11) is 0. The first-order valence-corrected chi connectivity index (χ1v) is 8.15. The van der Waals surface area contributed by atoms with Crippen LogP contribution in [0.2, 0.25) is 0 Å². The van der Waals surface area contributed by atoms with Gasteiger partial charge in [0, 0.05) is 16.0 Å². The maximum atomic E-state index is 11.5. The van der Waals surface area contributed by atoms with E-state index >= 15 is 0 Å². The highest BCUT2D eigenvalue weighted by atomic mass is 79.9. The summed E-state index contributed by atoms with van der Waals surface area (Å²) in [5.41, 5.74) is 3.38. The molecule has 1 saturated carbocycles. The Hall–Kier alpha value is -0.880. The van der Waals surface area contributed by atoms with Gasteiger partial charge < -0.3 is 4.74 Å². The van der Waals surface area contributed by atoms with Gasteiger partial charge in [0.05, 0.1) is 17.3 Å². The zero-order chi connectivity index (χ0) is 14.5. The molecule has 1 aliphatic carbocycles. The SMILES string of the molecule is CCCOc1c(Br)cc(Br)cc1/C=N\NC(=O)C1CC1. The van der Waals surface area contributed by atoms with Crippen LogP contribution in [0.5, 0.6) is 5.75 Å². The molecular weight excluding hydrogens is 388 g/mol. The molecule has 0 saturated heterocycles. The maximum Gasteiger partial charge on any atom is 0.243 e. The van der Waals surface area contributed by atoms with E-state index < -0.39 is 0 Å². The average Bonchev–Trinajstić information content (AvgIpc) is 3.21. The van der Waals surface area contributed by atoms with Crippen molar-refractivity contribution in [2.75, 3.05) is 6.61 Å². The minimum Gasteiger partial charge on any atom is -0.492 e. The molecule has 2 rings (SSSR count). The molecule has 1 aliphatic rings. The van der Waals surface area contributed by atoms with Crippen LogP contribution < -0.4 is 10.2 Å². The Morgan fingerprint density at radius 2 is 2.25 bits per heavy atom. The van der Waals surface area contributed by atoms with Crippen LogP contribution >= 0.6 is 31.9 Å². The molecule has 4 nitrogen and oxygen atoms in total. The van der Waals surface area contributed by atoms with Gasteiger partial charge in [-0.3, -0.25) is 4.79 Å². The number of nitrogens with one attached hydrogen (secondary N) is 1. The fraction of sp³-hybridized carbons (Fsp3) is 0.429. The van der Waals surface area contributed by atoms with Crippen molar-refractivity contribution in [3.63, 3.8) is 0 Å². The number of hydrazone groups is 1. The number of carbonyl (C=O) groups excluding carboxylic acids is 1. The van der Waals surface area contributed by atoms with Gasteiger partial charge in [0.2, 0.25) is 5.91 Å². The van der Waals surface area contributed by atoms with Crippen molar-refractivity contribution in [2.24, 2.45) is 11.0 Å². The number of hydrogen-bond acceptors (Lipinski definition) is 3. The minimum absolute atomic E-state index is 0.00802. The van der Waals surface area contributed by atoms with E-state index in [0.29, 0.717) is 6.61 Å². The maximum absolute atomic E-state index is 11.5. The smallest absolute Gasteiger partial charge is 0.243 e. The van der Waals surface area contributed by atoms with Gasteiger partial charge >= 0.3 is 0 Å². The second-order valence-corrected chi connectivity index (χ2v) is 6.43. The molecule has 1 amide bonds. The number of halogens is 2. The largest absolute Gasteiger partial charge is 0.492 e. The molecule has 0 heterocycles. The number of hydrogen-bond donors (Lipinski definition) is 1.